The lowest BCUT2D eigenvalue weighted by atomic mass is 9.95. The summed E-state index contributed by atoms with van der Waals surface area (Å²) in [6, 6.07) is 0.345. The molecule has 1 heterocycles. The maximum Gasteiger partial charge on any atom is 0.161 e. The molecule has 0 saturated heterocycles. The Kier molecular flexibility index (Phi) is 1.79. The fourth-order valence-corrected chi connectivity index (χ4v) is 1.07. The zero-order valence-corrected chi connectivity index (χ0v) is 6.66. The molecular formula is C8H13NO. The first kappa shape index (κ1) is 7.32. The number of carbonyl (C=O) groups excluding carboxylic acids is 1. The Morgan fingerprint density at radius 1 is 1.50 bits per heavy atom. The maximum absolute atomic E-state index is 11.0. The second-order valence-corrected chi connectivity index (χ2v) is 2.91. The number of carbonyl (C=O) groups is 1. The minimum Gasteiger partial charge on any atom is -0.377 e. The van der Waals surface area contributed by atoms with Gasteiger partial charge in [0.25, 0.3) is 0 Å². The zero-order chi connectivity index (χ0) is 7.72. The molecule has 0 N–H and O–H groups in total. The van der Waals surface area contributed by atoms with Gasteiger partial charge in [0.2, 0.25) is 0 Å². The van der Waals surface area contributed by atoms with Crippen molar-refractivity contribution in [3.8, 4) is 0 Å². The van der Waals surface area contributed by atoms with Crippen molar-refractivity contribution in [3.05, 3.63) is 12.3 Å². The van der Waals surface area contributed by atoms with Crippen LogP contribution in [0.4, 0.5) is 0 Å². The number of allylic oxidation sites excluding steroid dienone is 1. The van der Waals surface area contributed by atoms with Crippen molar-refractivity contribution < 1.29 is 4.79 Å². The molecule has 2 heteroatoms. The lowest BCUT2D eigenvalue weighted by Gasteiger charge is -2.30. The van der Waals surface area contributed by atoms with Crippen molar-refractivity contribution in [3.63, 3.8) is 0 Å². The third-order valence-electron chi connectivity index (χ3n) is 2.29. The summed E-state index contributed by atoms with van der Waals surface area (Å²) in [4.78, 5) is 13.1. The summed E-state index contributed by atoms with van der Waals surface area (Å²) < 4.78 is 0. The molecule has 1 aliphatic heterocycles. The average molecular weight is 139 g/mol. The van der Waals surface area contributed by atoms with Gasteiger partial charge in [0, 0.05) is 25.2 Å². The molecule has 0 aromatic rings. The van der Waals surface area contributed by atoms with Gasteiger partial charge < -0.3 is 4.90 Å². The van der Waals surface area contributed by atoms with Gasteiger partial charge in [-0.15, -0.1) is 0 Å². The third kappa shape index (κ3) is 1.06. The molecule has 2 unspecified atom stereocenters. The highest BCUT2D eigenvalue weighted by Gasteiger charge is 2.23. The van der Waals surface area contributed by atoms with Crippen molar-refractivity contribution in [2.75, 3.05) is 7.05 Å². The second-order valence-electron chi connectivity index (χ2n) is 2.91. The largest absolute Gasteiger partial charge is 0.377 e. The Morgan fingerprint density at radius 2 is 2.10 bits per heavy atom. The number of ketones is 1. The van der Waals surface area contributed by atoms with E-state index in [0.29, 0.717) is 6.04 Å². The first-order valence-corrected chi connectivity index (χ1v) is 3.57. The van der Waals surface area contributed by atoms with Crippen LogP contribution in [0.3, 0.4) is 0 Å². The number of rotatable bonds is 0. The fraction of sp³-hybridized carbons (Fsp3) is 0.625. The summed E-state index contributed by atoms with van der Waals surface area (Å²) in [7, 11) is 1.99. The van der Waals surface area contributed by atoms with Gasteiger partial charge in [0.05, 0.1) is 0 Å². The molecule has 0 aliphatic carbocycles. The van der Waals surface area contributed by atoms with E-state index in [4.69, 9.17) is 0 Å². The normalized spacial score (nSPS) is 33.1. The molecule has 0 radical (unpaired) electrons. The zero-order valence-electron chi connectivity index (χ0n) is 6.66. The smallest absolute Gasteiger partial charge is 0.161 e. The van der Waals surface area contributed by atoms with Crippen LogP contribution in [0.15, 0.2) is 12.3 Å². The van der Waals surface area contributed by atoms with Crippen LogP contribution in [0.5, 0.6) is 0 Å². The van der Waals surface area contributed by atoms with Crippen molar-refractivity contribution in [2.45, 2.75) is 19.9 Å². The predicted octanol–water partition coefficient (Wildman–Crippen LogP) is 1.04. The van der Waals surface area contributed by atoms with Crippen LogP contribution >= 0.6 is 0 Å². The lowest BCUT2D eigenvalue weighted by molar-refractivity contribution is -0.120. The molecule has 0 aromatic carbocycles. The molecule has 2 atom stereocenters. The van der Waals surface area contributed by atoms with E-state index in [2.05, 4.69) is 11.8 Å². The summed E-state index contributed by atoms with van der Waals surface area (Å²) in [5.74, 6) is 0.389. The molecule has 0 saturated carbocycles. The van der Waals surface area contributed by atoms with E-state index in [0.717, 1.165) is 0 Å². The molecule has 0 fully saturated rings. The molecule has 1 aliphatic rings. The Bertz CT molecular complexity index is 174. The molecule has 56 valence electrons. The molecule has 1 rings (SSSR count). The quantitative estimate of drug-likeness (QED) is 0.499. The highest BCUT2D eigenvalue weighted by molar-refractivity contribution is 5.92. The third-order valence-corrected chi connectivity index (χ3v) is 2.29. The van der Waals surface area contributed by atoms with E-state index < -0.39 is 0 Å². The van der Waals surface area contributed by atoms with Crippen molar-refractivity contribution in [2.24, 2.45) is 5.92 Å². The van der Waals surface area contributed by atoms with Crippen LogP contribution in [-0.4, -0.2) is 23.8 Å². The molecular weight excluding hydrogens is 126 g/mol. The van der Waals surface area contributed by atoms with Crippen LogP contribution in [-0.2, 0) is 4.79 Å². The summed E-state index contributed by atoms with van der Waals surface area (Å²) in [5.41, 5.74) is 0. The standard InChI is InChI=1S/C8H13NO/c1-6-7(2)9(3)5-4-8(6)10/h4-7H,1-3H3. The number of hydrogen-bond acceptors (Lipinski definition) is 2. The lowest BCUT2D eigenvalue weighted by Crippen LogP contribution is -2.37. The second kappa shape index (κ2) is 2.45. The van der Waals surface area contributed by atoms with E-state index in [-0.39, 0.29) is 11.7 Å². The molecule has 10 heavy (non-hydrogen) atoms. The van der Waals surface area contributed by atoms with Crippen LogP contribution in [0.25, 0.3) is 0 Å². The van der Waals surface area contributed by atoms with Gasteiger partial charge in [-0.1, -0.05) is 6.92 Å². The number of hydrogen-bond donors (Lipinski definition) is 0. The Balaban J connectivity index is 2.79. The maximum atomic E-state index is 11.0. The van der Waals surface area contributed by atoms with Crippen LogP contribution in [0.1, 0.15) is 13.8 Å². The summed E-state index contributed by atoms with van der Waals surface area (Å²) >= 11 is 0. The van der Waals surface area contributed by atoms with Gasteiger partial charge in [0.15, 0.2) is 5.78 Å². The van der Waals surface area contributed by atoms with Gasteiger partial charge in [-0.3, -0.25) is 4.79 Å². The van der Waals surface area contributed by atoms with Gasteiger partial charge in [-0.2, -0.15) is 0 Å². The molecule has 0 aromatic heterocycles. The Labute approximate surface area is 61.5 Å². The van der Waals surface area contributed by atoms with Gasteiger partial charge in [0.1, 0.15) is 0 Å². The minimum atomic E-state index is 0.148. The van der Waals surface area contributed by atoms with E-state index >= 15 is 0 Å². The molecule has 2 nitrogen and oxygen atoms in total. The van der Waals surface area contributed by atoms with E-state index in [1.54, 1.807) is 6.08 Å². The predicted molar refractivity (Wildman–Crippen MR) is 40.5 cm³/mol. The SMILES string of the molecule is CC1C(=O)C=CN(C)C1C. The minimum absolute atomic E-state index is 0.148. The fourth-order valence-electron chi connectivity index (χ4n) is 1.07. The summed E-state index contributed by atoms with van der Waals surface area (Å²) in [5, 5.41) is 0. The average Bonchev–Trinajstić information content (AvgIpc) is 1.93. The Hall–Kier alpha value is -0.790. The van der Waals surface area contributed by atoms with E-state index in [1.807, 2.05) is 20.2 Å². The first-order chi connectivity index (χ1) is 4.63. The van der Waals surface area contributed by atoms with Crippen molar-refractivity contribution in [1.82, 2.24) is 4.90 Å². The monoisotopic (exact) mass is 139 g/mol. The Morgan fingerprint density at radius 3 is 2.60 bits per heavy atom. The number of nitrogens with zero attached hydrogens (tertiary/aromatic N) is 1. The van der Waals surface area contributed by atoms with Gasteiger partial charge >= 0.3 is 0 Å². The highest BCUT2D eigenvalue weighted by atomic mass is 16.1. The summed E-state index contributed by atoms with van der Waals surface area (Å²) in [6.45, 7) is 4.03. The van der Waals surface area contributed by atoms with Crippen molar-refractivity contribution >= 4 is 5.78 Å². The van der Waals surface area contributed by atoms with Crippen LogP contribution in [0.2, 0.25) is 0 Å². The van der Waals surface area contributed by atoms with Crippen LogP contribution in [0, 0.1) is 5.92 Å². The topological polar surface area (TPSA) is 20.3 Å². The molecule has 0 bridgehead atoms. The molecule has 0 amide bonds. The first-order valence-electron chi connectivity index (χ1n) is 3.57. The van der Waals surface area contributed by atoms with E-state index in [1.165, 1.54) is 0 Å². The summed E-state index contributed by atoms with van der Waals surface area (Å²) in [6.07, 6.45) is 3.48. The van der Waals surface area contributed by atoms with Crippen molar-refractivity contribution in [1.29, 1.82) is 0 Å². The highest BCUT2D eigenvalue weighted by Crippen LogP contribution is 2.15. The van der Waals surface area contributed by atoms with Gasteiger partial charge in [-0.05, 0) is 13.0 Å². The van der Waals surface area contributed by atoms with Gasteiger partial charge in [-0.25, -0.2) is 0 Å². The van der Waals surface area contributed by atoms with E-state index in [9.17, 15) is 4.79 Å². The van der Waals surface area contributed by atoms with Crippen LogP contribution < -0.4 is 0 Å². The molecule has 0 spiro atoms.